The number of ether oxygens (including phenoxy) is 2. The first kappa shape index (κ1) is 33.6. The zero-order valence-corrected chi connectivity index (χ0v) is 28.6. The number of amides is 1. The molecular weight excluding hydrogens is 634 g/mol. The van der Waals surface area contributed by atoms with Crippen LogP contribution >= 0.6 is 0 Å². The van der Waals surface area contributed by atoms with Crippen molar-refractivity contribution in [3.63, 3.8) is 0 Å². The van der Waals surface area contributed by atoms with Gasteiger partial charge in [0.25, 0.3) is 15.6 Å². The van der Waals surface area contributed by atoms with Crippen molar-refractivity contribution in [2.75, 3.05) is 24.5 Å². The fraction of sp³-hybridized carbons (Fsp3) is 0.429. The van der Waals surface area contributed by atoms with Crippen LogP contribution < -0.4 is 10.3 Å². The summed E-state index contributed by atoms with van der Waals surface area (Å²) in [5, 5.41) is 3.88. The van der Waals surface area contributed by atoms with Crippen molar-refractivity contribution < 1.29 is 28.6 Å². The number of sulfonamides is 1. The summed E-state index contributed by atoms with van der Waals surface area (Å²) in [5.74, 6) is 1.21. The number of fused-ring (bicyclic) bond motifs is 1. The standard InChI is InChI=1S/C35H41N5O7S.H2/c1-5-7-12-32-36-30-18-39(34(41)26-20-46-21-26)17-29(30)35(42)40(32)16-24-13-14-27(25(15-24)19-45-6-2)28-10-8-9-11-31(28)48(43,44)38-33-22(3)23(4)47-37-33;/h8-11,13-15,26H,5-7,12,16-21H2,1-4H3,(H,37,38);1H. The number of anilines is 1. The molecule has 1 fully saturated rings. The molecule has 1 N–H and O–H groups in total. The molecule has 256 valence electrons. The lowest BCUT2D eigenvalue weighted by Gasteiger charge is -2.28. The van der Waals surface area contributed by atoms with Gasteiger partial charge in [-0.1, -0.05) is 54.9 Å². The summed E-state index contributed by atoms with van der Waals surface area (Å²) in [6.45, 7) is 9.84. The van der Waals surface area contributed by atoms with Crippen molar-refractivity contribution in [1.82, 2.24) is 19.6 Å². The number of carbonyl (C=O) groups excluding carboxylic acids is 1. The molecule has 0 atom stereocenters. The lowest BCUT2D eigenvalue weighted by molar-refractivity contribution is -0.150. The van der Waals surface area contributed by atoms with E-state index in [1.165, 1.54) is 0 Å². The molecule has 0 unspecified atom stereocenters. The lowest BCUT2D eigenvalue weighted by Crippen LogP contribution is -2.42. The Bertz CT molecular complexity index is 2010. The Hall–Kier alpha value is -4.33. The molecular formula is C35H43N5O7S. The Labute approximate surface area is 281 Å². The molecule has 2 aromatic heterocycles. The molecule has 0 spiro atoms. The Morgan fingerprint density at radius 2 is 1.90 bits per heavy atom. The number of aromatic nitrogens is 3. The van der Waals surface area contributed by atoms with Crippen LogP contribution in [0.1, 0.15) is 67.6 Å². The van der Waals surface area contributed by atoms with Crippen LogP contribution in [0.4, 0.5) is 5.82 Å². The topological polar surface area (TPSA) is 146 Å². The van der Waals surface area contributed by atoms with Crippen LogP contribution in [0.15, 0.2) is 56.7 Å². The van der Waals surface area contributed by atoms with Gasteiger partial charge in [0.2, 0.25) is 5.91 Å². The number of benzene rings is 2. The van der Waals surface area contributed by atoms with Crippen LogP contribution in [-0.2, 0) is 57.0 Å². The number of carbonyl (C=O) groups is 1. The Kier molecular flexibility index (Phi) is 9.81. The molecule has 48 heavy (non-hydrogen) atoms. The Morgan fingerprint density at radius 1 is 1.10 bits per heavy atom. The van der Waals surface area contributed by atoms with Gasteiger partial charge in [-0.2, -0.15) is 0 Å². The van der Waals surface area contributed by atoms with Gasteiger partial charge in [-0.3, -0.25) is 18.9 Å². The van der Waals surface area contributed by atoms with Gasteiger partial charge < -0.3 is 18.9 Å². The third-order valence-corrected chi connectivity index (χ3v) is 10.4. The van der Waals surface area contributed by atoms with E-state index in [1.807, 2.05) is 25.1 Å². The van der Waals surface area contributed by atoms with E-state index in [4.69, 9.17) is 19.0 Å². The van der Waals surface area contributed by atoms with Crippen LogP contribution in [-0.4, -0.2) is 53.8 Å². The van der Waals surface area contributed by atoms with Gasteiger partial charge in [-0.05, 0) is 49.9 Å². The van der Waals surface area contributed by atoms with Gasteiger partial charge in [0.05, 0.1) is 61.5 Å². The Morgan fingerprint density at radius 3 is 2.58 bits per heavy atom. The van der Waals surface area contributed by atoms with E-state index in [0.717, 1.165) is 24.0 Å². The average Bonchev–Trinajstić information content (AvgIpc) is 3.62. The number of nitrogens with one attached hydrogen (secondary N) is 1. The van der Waals surface area contributed by atoms with Crippen molar-refractivity contribution >= 4 is 21.7 Å². The largest absolute Gasteiger partial charge is 0.380 e. The predicted octanol–water partition coefficient (Wildman–Crippen LogP) is 4.98. The highest BCUT2D eigenvalue weighted by Gasteiger charge is 2.36. The Balaban J connectivity index is 0.00000468. The summed E-state index contributed by atoms with van der Waals surface area (Å²) >= 11 is 0. The lowest BCUT2D eigenvalue weighted by atomic mass is 9.97. The second-order valence-electron chi connectivity index (χ2n) is 12.3. The highest BCUT2D eigenvalue weighted by Crippen LogP contribution is 2.33. The van der Waals surface area contributed by atoms with E-state index in [2.05, 4.69) is 16.8 Å². The first-order valence-electron chi connectivity index (χ1n) is 16.3. The van der Waals surface area contributed by atoms with Crippen molar-refractivity contribution in [3.8, 4) is 11.1 Å². The minimum atomic E-state index is -4.04. The van der Waals surface area contributed by atoms with Crippen molar-refractivity contribution in [2.45, 2.75) is 78.1 Å². The van der Waals surface area contributed by atoms with E-state index < -0.39 is 10.0 Å². The molecule has 12 nitrogen and oxygen atoms in total. The fourth-order valence-electron chi connectivity index (χ4n) is 6.03. The van der Waals surface area contributed by atoms with E-state index >= 15 is 0 Å². The maximum absolute atomic E-state index is 14.0. The van der Waals surface area contributed by atoms with Gasteiger partial charge in [0.15, 0.2) is 5.82 Å². The second-order valence-corrected chi connectivity index (χ2v) is 14.0. The van der Waals surface area contributed by atoms with E-state index in [-0.39, 0.29) is 49.2 Å². The molecule has 1 amide bonds. The summed E-state index contributed by atoms with van der Waals surface area (Å²) < 4.78 is 47.9. The zero-order chi connectivity index (χ0) is 34.0. The molecule has 4 heterocycles. The van der Waals surface area contributed by atoms with Crippen molar-refractivity contribution in [3.05, 3.63) is 92.4 Å². The summed E-state index contributed by atoms with van der Waals surface area (Å²) in [4.78, 5) is 33.7. The predicted molar refractivity (Wildman–Crippen MR) is 181 cm³/mol. The van der Waals surface area contributed by atoms with E-state index in [0.29, 0.717) is 72.3 Å². The number of rotatable bonds is 13. The van der Waals surface area contributed by atoms with Crippen molar-refractivity contribution in [2.24, 2.45) is 5.92 Å². The highest BCUT2D eigenvalue weighted by atomic mass is 32.2. The monoisotopic (exact) mass is 677 g/mol. The van der Waals surface area contributed by atoms with Crippen LogP contribution in [0.25, 0.3) is 11.1 Å². The number of unbranched alkanes of at least 4 members (excludes halogenated alkanes) is 1. The maximum Gasteiger partial charge on any atom is 0.263 e. The van der Waals surface area contributed by atoms with Crippen LogP contribution in [0, 0.1) is 19.8 Å². The molecule has 0 bridgehead atoms. The molecule has 0 aliphatic carbocycles. The van der Waals surface area contributed by atoms with Crippen LogP contribution in [0.2, 0.25) is 0 Å². The average molecular weight is 678 g/mol. The molecule has 2 aliphatic rings. The van der Waals surface area contributed by atoms with Crippen LogP contribution in [0.5, 0.6) is 0 Å². The quantitative estimate of drug-likeness (QED) is 0.207. The fourth-order valence-corrected chi connectivity index (χ4v) is 7.31. The molecule has 1 saturated heterocycles. The summed E-state index contributed by atoms with van der Waals surface area (Å²) in [7, 11) is -4.04. The minimum Gasteiger partial charge on any atom is -0.380 e. The molecule has 2 aromatic carbocycles. The summed E-state index contributed by atoms with van der Waals surface area (Å²) in [5.41, 5.74) is 4.53. The first-order chi connectivity index (χ1) is 23.1. The minimum absolute atomic E-state index is 0. The third-order valence-electron chi connectivity index (χ3n) is 9.00. The summed E-state index contributed by atoms with van der Waals surface area (Å²) in [6.07, 6.45) is 2.45. The van der Waals surface area contributed by atoms with Gasteiger partial charge in [-0.15, -0.1) is 0 Å². The van der Waals surface area contributed by atoms with Gasteiger partial charge >= 0.3 is 0 Å². The molecule has 0 radical (unpaired) electrons. The number of hydrogen-bond acceptors (Lipinski definition) is 9. The van der Waals surface area contributed by atoms with Crippen molar-refractivity contribution in [1.29, 1.82) is 0 Å². The van der Waals surface area contributed by atoms with E-state index in [9.17, 15) is 18.0 Å². The van der Waals surface area contributed by atoms with E-state index in [1.54, 1.807) is 47.6 Å². The summed E-state index contributed by atoms with van der Waals surface area (Å²) in [6, 6.07) is 12.5. The normalized spacial score (nSPS) is 14.6. The first-order valence-corrected chi connectivity index (χ1v) is 17.8. The number of nitrogens with zero attached hydrogens (tertiary/aromatic N) is 4. The van der Waals surface area contributed by atoms with Gasteiger partial charge in [0, 0.05) is 25.6 Å². The highest BCUT2D eigenvalue weighted by molar-refractivity contribution is 7.92. The molecule has 0 saturated carbocycles. The molecule has 13 heteroatoms. The zero-order valence-electron chi connectivity index (χ0n) is 27.7. The van der Waals surface area contributed by atoms with Gasteiger partial charge in [-0.25, -0.2) is 13.4 Å². The molecule has 2 aliphatic heterocycles. The molecule has 6 rings (SSSR count). The second kappa shape index (κ2) is 14.0. The van der Waals surface area contributed by atoms with Crippen LogP contribution in [0.3, 0.4) is 0 Å². The number of aryl methyl sites for hydroxylation is 2. The maximum atomic E-state index is 14.0. The smallest absolute Gasteiger partial charge is 0.263 e. The number of hydrogen-bond donors (Lipinski definition) is 1. The molecule has 4 aromatic rings. The van der Waals surface area contributed by atoms with Gasteiger partial charge in [0.1, 0.15) is 11.6 Å². The third kappa shape index (κ3) is 6.67. The SMILES string of the molecule is CCCCc1nc2c(c(=O)n1Cc1ccc(-c3ccccc3S(=O)(=O)Nc3noc(C)c3C)c(COCC)c1)CN(C(=O)C1COC1)C2.[HH].